The lowest BCUT2D eigenvalue weighted by atomic mass is 9.97. The maximum Gasteiger partial charge on any atom is 0.251 e. The molecule has 4 rings (SSSR count). The fourth-order valence-electron chi connectivity index (χ4n) is 4.25. The van der Waals surface area contributed by atoms with Crippen LogP contribution in [0, 0.1) is 18.6 Å². The van der Waals surface area contributed by atoms with Crippen molar-refractivity contribution in [2.24, 2.45) is 0 Å². The van der Waals surface area contributed by atoms with E-state index in [2.05, 4.69) is 10.6 Å². The van der Waals surface area contributed by atoms with E-state index in [0.29, 0.717) is 34.3 Å². The summed E-state index contributed by atoms with van der Waals surface area (Å²) >= 11 is 0. The highest BCUT2D eigenvalue weighted by molar-refractivity contribution is 5.95. The Hall–Kier alpha value is -2.27. The normalized spacial score (nSPS) is 24.5. The fourth-order valence-corrected chi connectivity index (χ4v) is 4.25. The maximum absolute atomic E-state index is 14.6. The van der Waals surface area contributed by atoms with Gasteiger partial charge in [0, 0.05) is 29.3 Å². The summed E-state index contributed by atoms with van der Waals surface area (Å²) in [7, 11) is 0. The largest absolute Gasteiger partial charge is 0.349 e. The summed E-state index contributed by atoms with van der Waals surface area (Å²) in [4.78, 5) is 12.5. The van der Waals surface area contributed by atoms with Crippen molar-refractivity contribution >= 4 is 5.91 Å². The van der Waals surface area contributed by atoms with Gasteiger partial charge in [-0.15, -0.1) is 0 Å². The Morgan fingerprint density at radius 1 is 1.04 bits per heavy atom. The van der Waals surface area contributed by atoms with Gasteiger partial charge in [0.1, 0.15) is 11.6 Å². The Morgan fingerprint density at radius 3 is 2.38 bits per heavy atom. The molecule has 2 aromatic rings. The van der Waals surface area contributed by atoms with Crippen LogP contribution in [0.4, 0.5) is 8.78 Å². The van der Waals surface area contributed by atoms with E-state index < -0.39 is 5.82 Å². The molecule has 2 heterocycles. The van der Waals surface area contributed by atoms with E-state index in [0.717, 1.165) is 25.7 Å². The third kappa shape index (κ3) is 3.36. The zero-order chi connectivity index (χ0) is 18.3. The molecule has 2 aliphatic rings. The van der Waals surface area contributed by atoms with Crippen molar-refractivity contribution in [3.8, 4) is 11.1 Å². The molecular formula is C21H22F2N2O. The highest BCUT2D eigenvalue weighted by atomic mass is 19.1. The summed E-state index contributed by atoms with van der Waals surface area (Å²) in [5.74, 6) is -1.06. The van der Waals surface area contributed by atoms with E-state index in [-0.39, 0.29) is 17.8 Å². The van der Waals surface area contributed by atoms with E-state index >= 15 is 0 Å². The lowest BCUT2D eigenvalue weighted by Gasteiger charge is -2.29. The van der Waals surface area contributed by atoms with Crippen molar-refractivity contribution in [1.82, 2.24) is 10.6 Å². The average molecular weight is 356 g/mol. The van der Waals surface area contributed by atoms with Crippen LogP contribution in [-0.2, 0) is 0 Å². The van der Waals surface area contributed by atoms with Gasteiger partial charge in [0.05, 0.1) is 0 Å². The molecule has 2 saturated heterocycles. The Bertz CT molecular complexity index is 840. The molecule has 2 fully saturated rings. The highest BCUT2D eigenvalue weighted by Gasteiger charge is 2.34. The number of piperidine rings is 1. The van der Waals surface area contributed by atoms with Crippen molar-refractivity contribution in [3.63, 3.8) is 0 Å². The Labute approximate surface area is 151 Å². The number of amides is 1. The van der Waals surface area contributed by atoms with Crippen LogP contribution >= 0.6 is 0 Å². The van der Waals surface area contributed by atoms with Gasteiger partial charge in [0.2, 0.25) is 0 Å². The van der Waals surface area contributed by atoms with E-state index in [4.69, 9.17) is 0 Å². The van der Waals surface area contributed by atoms with Gasteiger partial charge in [0.15, 0.2) is 0 Å². The van der Waals surface area contributed by atoms with E-state index in [1.54, 1.807) is 25.1 Å². The number of fused-ring (bicyclic) bond motifs is 2. The molecule has 2 aliphatic heterocycles. The summed E-state index contributed by atoms with van der Waals surface area (Å²) in [5.41, 5.74) is 1.98. The minimum Gasteiger partial charge on any atom is -0.349 e. The van der Waals surface area contributed by atoms with Gasteiger partial charge in [-0.2, -0.15) is 0 Å². The van der Waals surface area contributed by atoms with Gasteiger partial charge >= 0.3 is 0 Å². The number of rotatable bonds is 3. The van der Waals surface area contributed by atoms with Crippen molar-refractivity contribution < 1.29 is 13.6 Å². The van der Waals surface area contributed by atoms with Crippen LogP contribution < -0.4 is 10.6 Å². The second-order valence-corrected chi connectivity index (χ2v) is 7.43. The van der Waals surface area contributed by atoms with Crippen LogP contribution in [0.25, 0.3) is 11.1 Å². The van der Waals surface area contributed by atoms with E-state index in [9.17, 15) is 13.6 Å². The fraction of sp³-hybridized carbons (Fsp3) is 0.381. The zero-order valence-electron chi connectivity index (χ0n) is 14.7. The predicted octanol–water partition coefficient (Wildman–Crippen LogP) is 3.95. The summed E-state index contributed by atoms with van der Waals surface area (Å²) in [6.07, 6.45) is 4.18. The molecule has 0 spiro atoms. The molecule has 136 valence electrons. The van der Waals surface area contributed by atoms with Gasteiger partial charge < -0.3 is 10.6 Å². The monoisotopic (exact) mass is 356 g/mol. The van der Waals surface area contributed by atoms with Crippen molar-refractivity contribution in [2.75, 3.05) is 0 Å². The average Bonchev–Trinajstić information content (AvgIpc) is 2.94. The second-order valence-electron chi connectivity index (χ2n) is 7.43. The minimum absolute atomic E-state index is 0.142. The van der Waals surface area contributed by atoms with E-state index in [1.165, 1.54) is 18.2 Å². The van der Waals surface area contributed by atoms with Crippen molar-refractivity contribution in [1.29, 1.82) is 0 Å². The lowest BCUT2D eigenvalue weighted by Crippen LogP contribution is -2.48. The Balaban J connectivity index is 1.51. The first-order valence-corrected chi connectivity index (χ1v) is 9.12. The van der Waals surface area contributed by atoms with E-state index in [1.807, 2.05) is 0 Å². The number of nitrogens with one attached hydrogen (secondary N) is 2. The molecular weight excluding hydrogens is 334 g/mol. The molecule has 0 aliphatic carbocycles. The van der Waals surface area contributed by atoms with Gasteiger partial charge in [0.25, 0.3) is 5.91 Å². The Kier molecular flexibility index (Phi) is 4.49. The maximum atomic E-state index is 14.6. The molecule has 1 amide bonds. The zero-order valence-corrected chi connectivity index (χ0v) is 14.7. The first-order valence-electron chi connectivity index (χ1n) is 9.12. The Morgan fingerprint density at radius 2 is 1.73 bits per heavy atom. The van der Waals surface area contributed by atoms with Crippen LogP contribution in [0.2, 0.25) is 0 Å². The molecule has 2 N–H and O–H groups in total. The topological polar surface area (TPSA) is 41.1 Å². The molecule has 2 bridgehead atoms. The number of hydrogen-bond acceptors (Lipinski definition) is 2. The molecule has 2 unspecified atom stereocenters. The summed E-state index contributed by atoms with van der Waals surface area (Å²) in [5, 5.41) is 6.59. The molecule has 2 atom stereocenters. The number of benzene rings is 2. The van der Waals surface area contributed by atoms with Crippen LogP contribution in [0.5, 0.6) is 0 Å². The standard InChI is InChI=1S/C21H22F2N2O/c1-12-8-14(22)3-7-18(12)19-6-2-13(9-20(19)23)21(26)25-17-10-15-4-5-16(11-17)24-15/h2-3,6-9,15-17,24H,4-5,10-11H2,1H3,(H,25,26). The van der Waals surface area contributed by atoms with Gasteiger partial charge in [-0.3, -0.25) is 4.79 Å². The molecule has 5 heteroatoms. The molecule has 26 heavy (non-hydrogen) atoms. The summed E-state index contributed by atoms with van der Waals surface area (Å²) in [6.45, 7) is 1.74. The second kappa shape index (κ2) is 6.80. The summed E-state index contributed by atoms with van der Waals surface area (Å²) < 4.78 is 27.9. The first-order chi connectivity index (χ1) is 12.5. The number of carbonyl (C=O) groups excluding carboxylic acids is 1. The molecule has 2 aromatic carbocycles. The third-order valence-corrected chi connectivity index (χ3v) is 5.52. The SMILES string of the molecule is Cc1cc(F)ccc1-c1ccc(C(=O)NC2CC3CCC(C2)N3)cc1F. The lowest BCUT2D eigenvalue weighted by molar-refractivity contribution is 0.0923. The van der Waals surface area contributed by atoms with Gasteiger partial charge in [-0.25, -0.2) is 8.78 Å². The molecule has 3 nitrogen and oxygen atoms in total. The van der Waals surface area contributed by atoms with Crippen LogP contribution in [0.3, 0.4) is 0 Å². The molecule has 0 radical (unpaired) electrons. The van der Waals surface area contributed by atoms with Gasteiger partial charge in [-0.1, -0.05) is 12.1 Å². The van der Waals surface area contributed by atoms with Crippen LogP contribution in [-0.4, -0.2) is 24.0 Å². The quantitative estimate of drug-likeness (QED) is 0.874. The number of carbonyl (C=O) groups is 1. The number of aryl methyl sites for hydroxylation is 1. The highest BCUT2D eigenvalue weighted by Crippen LogP contribution is 2.29. The smallest absolute Gasteiger partial charge is 0.251 e. The molecule has 0 aromatic heterocycles. The predicted molar refractivity (Wildman–Crippen MR) is 97.0 cm³/mol. The van der Waals surface area contributed by atoms with Gasteiger partial charge in [-0.05, 0) is 68.0 Å². The molecule has 0 saturated carbocycles. The van der Waals surface area contributed by atoms with Crippen LogP contribution in [0.1, 0.15) is 41.6 Å². The summed E-state index contributed by atoms with van der Waals surface area (Å²) in [6, 6.07) is 9.86. The van der Waals surface area contributed by atoms with Crippen molar-refractivity contribution in [3.05, 3.63) is 59.2 Å². The first kappa shape index (κ1) is 17.2. The number of halogens is 2. The van der Waals surface area contributed by atoms with Crippen molar-refractivity contribution in [2.45, 2.75) is 50.7 Å². The minimum atomic E-state index is -0.474. The van der Waals surface area contributed by atoms with Crippen LogP contribution in [0.15, 0.2) is 36.4 Å². The number of hydrogen-bond donors (Lipinski definition) is 2. The third-order valence-electron chi connectivity index (χ3n) is 5.52.